The molecule has 6 heteroatoms. The number of amides is 2. The van der Waals surface area contributed by atoms with Crippen LogP contribution in [0.2, 0.25) is 0 Å². The second-order valence-corrected chi connectivity index (χ2v) is 8.48. The van der Waals surface area contributed by atoms with Crippen LogP contribution in [0.5, 0.6) is 0 Å². The Morgan fingerprint density at radius 1 is 1.07 bits per heavy atom. The molecule has 2 amide bonds. The van der Waals surface area contributed by atoms with Gasteiger partial charge in [0.25, 0.3) is 0 Å². The van der Waals surface area contributed by atoms with Crippen molar-refractivity contribution < 1.29 is 9.59 Å². The van der Waals surface area contributed by atoms with E-state index < -0.39 is 0 Å². The van der Waals surface area contributed by atoms with Crippen molar-refractivity contribution in [3.8, 4) is 0 Å². The van der Waals surface area contributed by atoms with E-state index in [0.29, 0.717) is 19.0 Å². The molecule has 2 saturated heterocycles. The maximum Gasteiger partial charge on any atom is 0.227 e. The molecule has 2 aliphatic rings. The van der Waals surface area contributed by atoms with Gasteiger partial charge in [0.05, 0.1) is 5.92 Å². The smallest absolute Gasteiger partial charge is 0.227 e. The molecule has 0 unspecified atom stereocenters. The van der Waals surface area contributed by atoms with Gasteiger partial charge in [0.1, 0.15) is 0 Å². The van der Waals surface area contributed by atoms with Crippen LogP contribution in [0.4, 0.5) is 11.4 Å². The zero-order valence-electron chi connectivity index (χ0n) is 15.7. The van der Waals surface area contributed by atoms with Crippen LogP contribution in [0.25, 0.3) is 0 Å². The second-order valence-electron chi connectivity index (χ2n) is 7.57. The summed E-state index contributed by atoms with van der Waals surface area (Å²) in [7, 11) is 0. The first-order valence-corrected chi connectivity index (χ1v) is 10.5. The molecule has 1 N–H and O–H groups in total. The molecule has 4 rings (SSSR count). The highest BCUT2D eigenvalue weighted by Crippen LogP contribution is 2.28. The minimum Gasteiger partial charge on any atom is -0.371 e. The number of nitrogens with zero attached hydrogens (tertiary/aromatic N) is 2. The summed E-state index contributed by atoms with van der Waals surface area (Å²) >= 11 is 3.44. The fourth-order valence-electron chi connectivity index (χ4n) is 4.04. The number of carbonyl (C=O) groups is 2. The molecule has 0 spiro atoms. The molecule has 0 bridgehead atoms. The first-order chi connectivity index (χ1) is 13.6. The van der Waals surface area contributed by atoms with Crippen molar-refractivity contribution in [1.82, 2.24) is 5.32 Å². The SMILES string of the molecule is O=C(NC[C@@H]1CCN(c2ccccc2)C1)[C@@H]1CC(=O)N(c2cccc(Br)c2)C1. The quantitative estimate of drug-likeness (QED) is 0.772. The summed E-state index contributed by atoms with van der Waals surface area (Å²) in [5, 5.41) is 3.09. The predicted molar refractivity (Wildman–Crippen MR) is 114 cm³/mol. The topological polar surface area (TPSA) is 52.7 Å². The lowest BCUT2D eigenvalue weighted by Gasteiger charge is -2.19. The second kappa shape index (κ2) is 8.35. The summed E-state index contributed by atoms with van der Waals surface area (Å²) in [6.45, 7) is 3.09. The number of nitrogens with one attached hydrogen (secondary N) is 1. The van der Waals surface area contributed by atoms with Crippen LogP contribution in [-0.2, 0) is 9.59 Å². The fraction of sp³-hybridized carbons (Fsp3) is 0.364. The van der Waals surface area contributed by atoms with Crippen molar-refractivity contribution in [3.05, 3.63) is 59.1 Å². The van der Waals surface area contributed by atoms with E-state index in [1.54, 1.807) is 4.90 Å². The van der Waals surface area contributed by atoms with E-state index in [2.05, 4.69) is 50.4 Å². The normalized spacial score (nSPS) is 22.0. The third kappa shape index (κ3) is 4.22. The zero-order chi connectivity index (χ0) is 19.5. The van der Waals surface area contributed by atoms with Crippen LogP contribution in [-0.4, -0.2) is 38.0 Å². The van der Waals surface area contributed by atoms with Gasteiger partial charge in [-0.1, -0.05) is 40.2 Å². The average molecular weight is 442 g/mol. The van der Waals surface area contributed by atoms with Gasteiger partial charge in [-0.05, 0) is 42.7 Å². The molecule has 0 radical (unpaired) electrons. The summed E-state index contributed by atoms with van der Waals surface area (Å²) in [4.78, 5) is 29.1. The van der Waals surface area contributed by atoms with E-state index in [0.717, 1.165) is 29.7 Å². The van der Waals surface area contributed by atoms with E-state index >= 15 is 0 Å². The number of halogens is 1. The van der Waals surface area contributed by atoms with Gasteiger partial charge in [-0.3, -0.25) is 9.59 Å². The molecule has 2 atom stereocenters. The highest BCUT2D eigenvalue weighted by Gasteiger charge is 2.35. The molecule has 2 heterocycles. The Bertz CT molecular complexity index is 858. The van der Waals surface area contributed by atoms with Crippen molar-refractivity contribution >= 4 is 39.1 Å². The monoisotopic (exact) mass is 441 g/mol. The summed E-state index contributed by atoms with van der Waals surface area (Å²) in [5.74, 6) is 0.166. The lowest BCUT2D eigenvalue weighted by molar-refractivity contribution is -0.126. The Labute approximate surface area is 173 Å². The summed E-state index contributed by atoms with van der Waals surface area (Å²) in [6.07, 6.45) is 1.35. The molecule has 5 nitrogen and oxygen atoms in total. The molecule has 0 aromatic heterocycles. The maximum atomic E-state index is 12.6. The van der Waals surface area contributed by atoms with Crippen LogP contribution in [0.1, 0.15) is 12.8 Å². The van der Waals surface area contributed by atoms with E-state index in [4.69, 9.17) is 0 Å². The average Bonchev–Trinajstić information content (AvgIpc) is 3.34. The minimum atomic E-state index is -0.280. The molecule has 0 saturated carbocycles. The van der Waals surface area contributed by atoms with Crippen molar-refractivity contribution in [2.45, 2.75) is 12.8 Å². The number of benzene rings is 2. The van der Waals surface area contributed by atoms with Gasteiger partial charge in [-0.2, -0.15) is 0 Å². The Morgan fingerprint density at radius 3 is 2.64 bits per heavy atom. The van der Waals surface area contributed by atoms with E-state index in [-0.39, 0.29) is 24.2 Å². The fourth-order valence-corrected chi connectivity index (χ4v) is 4.43. The standard InChI is InChI=1S/C22H24BrN3O2/c23-18-5-4-8-20(12-18)26-15-17(11-21(26)27)22(28)24-13-16-9-10-25(14-16)19-6-2-1-3-7-19/h1-8,12,16-17H,9-11,13-15H2,(H,24,28)/t16-,17+/m0/s1. The van der Waals surface area contributed by atoms with Gasteiger partial charge in [-0.15, -0.1) is 0 Å². The summed E-state index contributed by atoms with van der Waals surface area (Å²) in [5.41, 5.74) is 2.08. The number of rotatable bonds is 5. The maximum absolute atomic E-state index is 12.6. The Kier molecular flexibility index (Phi) is 5.67. The number of para-hydroxylation sites is 1. The van der Waals surface area contributed by atoms with Crippen LogP contribution in [0.15, 0.2) is 59.1 Å². The van der Waals surface area contributed by atoms with E-state index in [1.165, 1.54) is 5.69 Å². The van der Waals surface area contributed by atoms with Gasteiger partial charge >= 0.3 is 0 Å². The highest BCUT2D eigenvalue weighted by molar-refractivity contribution is 9.10. The molecule has 2 aromatic rings. The first-order valence-electron chi connectivity index (χ1n) is 9.74. The molecule has 2 aliphatic heterocycles. The third-order valence-corrected chi connectivity index (χ3v) is 6.08. The van der Waals surface area contributed by atoms with Crippen LogP contribution >= 0.6 is 15.9 Å². The molecule has 2 aromatic carbocycles. The third-order valence-electron chi connectivity index (χ3n) is 5.59. The van der Waals surface area contributed by atoms with Crippen molar-refractivity contribution in [3.63, 3.8) is 0 Å². The van der Waals surface area contributed by atoms with Crippen LogP contribution in [0.3, 0.4) is 0 Å². The van der Waals surface area contributed by atoms with Crippen molar-refractivity contribution in [2.75, 3.05) is 36.0 Å². The van der Waals surface area contributed by atoms with Gasteiger partial charge in [0.2, 0.25) is 11.8 Å². The zero-order valence-corrected chi connectivity index (χ0v) is 17.3. The Hall–Kier alpha value is -2.34. The lowest BCUT2D eigenvalue weighted by atomic mass is 10.1. The predicted octanol–water partition coefficient (Wildman–Crippen LogP) is 3.44. The van der Waals surface area contributed by atoms with Gasteiger partial charge < -0.3 is 15.1 Å². The number of anilines is 2. The van der Waals surface area contributed by atoms with Crippen molar-refractivity contribution in [2.24, 2.45) is 11.8 Å². The molecule has 146 valence electrons. The molecular formula is C22H24BrN3O2. The molecule has 28 heavy (non-hydrogen) atoms. The minimum absolute atomic E-state index is 0.00868. The summed E-state index contributed by atoms with van der Waals surface area (Å²) in [6, 6.07) is 18.0. The van der Waals surface area contributed by atoms with Crippen LogP contribution < -0.4 is 15.1 Å². The first kappa shape index (κ1) is 19.0. The largest absolute Gasteiger partial charge is 0.371 e. The van der Waals surface area contributed by atoms with E-state index in [9.17, 15) is 9.59 Å². The highest BCUT2D eigenvalue weighted by atomic mass is 79.9. The molecule has 2 fully saturated rings. The van der Waals surface area contributed by atoms with Gasteiger partial charge in [-0.25, -0.2) is 0 Å². The van der Waals surface area contributed by atoms with Crippen LogP contribution in [0, 0.1) is 11.8 Å². The summed E-state index contributed by atoms with van der Waals surface area (Å²) < 4.78 is 0.926. The molecular weight excluding hydrogens is 418 g/mol. The number of hydrogen-bond donors (Lipinski definition) is 1. The number of hydrogen-bond acceptors (Lipinski definition) is 3. The number of carbonyl (C=O) groups excluding carboxylic acids is 2. The van der Waals surface area contributed by atoms with E-state index in [1.807, 2.05) is 30.3 Å². The van der Waals surface area contributed by atoms with Gasteiger partial charge in [0.15, 0.2) is 0 Å². The van der Waals surface area contributed by atoms with Gasteiger partial charge in [0, 0.05) is 48.4 Å². The molecule has 0 aliphatic carbocycles. The van der Waals surface area contributed by atoms with Crippen molar-refractivity contribution in [1.29, 1.82) is 0 Å². The Morgan fingerprint density at radius 2 is 1.86 bits per heavy atom. The lowest BCUT2D eigenvalue weighted by Crippen LogP contribution is -2.36. The Balaban J connectivity index is 1.28.